The zero-order valence-corrected chi connectivity index (χ0v) is 14.3. The van der Waals surface area contributed by atoms with E-state index in [4.69, 9.17) is 14.2 Å². The van der Waals surface area contributed by atoms with Gasteiger partial charge in [0.25, 0.3) is 0 Å². The second-order valence-corrected chi connectivity index (χ2v) is 5.83. The number of esters is 1. The van der Waals surface area contributed by atoms with Crippen molar-refractivity contribution in [3.63, 3.8) is 0 Å². The third-order valence-electron chi connectivity index (χ3n) is 3.43. The van der Waals surface area contributed by atoms with Crippen LogP contribution in [0.2, 0.25) is 0 Å². The highest BCUT2D eigenvalue weighted by Crippen LogP contribution is 2.38. The average Bonchev–Trinajstić information content (AvgIpc) is 3.09. The van der Waals surface area contributed by atoms with Crippen LogP contribution in [0, 0.1) is 0 Å². The lowest BCUT2D eigenvalue weighted by molar-refractivity contribution is 0.0512. The molecule has 0 atom stereocenters. The molecule has 24 heavy (non-hydrogen) atoms. The highest BCUT2D eigenvalue weighted by atomic mass is 32.1. The summed E-state index contributed by atoms with van der Waals surface area (Å²) in [4.78, 5) is 16.3. The molecule has 1 aromatic heterocycles. The van der Waals surface area contributed by atoms with Crippen LogP contribution in [0.4, 0.5) is 0 Å². The van der Waals surface area contributed by atoms with E-state index >= 15 is 0 Å². The summed E-state index contributed by atoms with van der Waals surface area (Å²) < 4.78 is 15.7. The van der Waals surface area contributed by atoms with Crippen molar-refractivity contribution < 1.29 is 19.0 Å². The molecule has 3 aromatic rings. The summed E-state index contributed by atoms with van der Waals surface area (Å²) in [7, 11) is 1.57. The Morgan fingerprint density at radius 1 is 1.21 bits per heavy atom. The van der Waals surface area contributed by atoms with E-state index < -0.39 is 5.97 Å². The van der Waals surface area contributed by atoms with Gasteiger partial charge in [0.1, 0.15) is 10.8 Å². The van der Waals surface area contributed by atoms with Gasteiger partial charge in [-0.25, -0.2) is 9.78 Å². The molecular weight excluding hydrogens is 326 g/mol. The Balaban J connectivity index is 2.10. The quantitative estimate of drug-likeness (QED) is 0.498. The van der Waals surface area contributed by atoms with Crippen LogP contribution in [0.5, 0.6) is 5.75 Å². The van der Waals surface area contributed by atoms with Gasteiger partial charge in [-0.05, 0) is 23.8 Å². The molecule has 124 valence electrons. The largest absolute Gasteiger partial charge is 0.467 e. The number of methoxy groups -OCH3 is 1. The maximum absolute atomic E-state index is 11.9. The number of rotatable bonds is 6. The van der Waals surface area contributed by atoms with E-state index in [0.29, 0.717) is 23.1 Å². The number of hydrogen-bond acceptors (Lipinski definition) is 6. The maximum atomic E-state index is 11.9. The van der Waals surface area contributed by atoms with Gasteiger partial charge >= 0.3 is 5.97 Å². The molecule has 0 bridgehead atoms. The number of carbonyl (C=O) groups excluding carboxylic acids is 1. The van der Waals surface area contributed by atoms with Crippen LogP contribution in [-0.4, -0.2) is 31.5 Å². The van der Waals surface area contributed by atoms with Gasteiger partial charge in [0.05, 0.1) is 12.2 Å². The second kappa shape index (κ2) is 7.42. The van der Waals surface area contributed by atoms with E-state index in [0.717, 1.165) is 16.3 Å². The minimum atomic E-state index is -0.417. The monoisotopic (exact) mass is 343 g/mol. The standard InChI is InChI=1S/C18H17NO4S/c1-3-22-18(20)14-10-24-17(19-14)16-13-7-5-4-6-12(13)8-9-15(16)23-11-21-2/h4-10H,3,11H2,1-2H3. The van der Waals surface area contributed by atoms with Crippen LogP contribution in [-0.2, 0) is 9.47 Å². The molecule has 0 unspecified atom stereocenters. The molecule has 0 fully saturated rings. The first-order valence-electron chi connectivity index (χ1n) is 7.51. The van der Waals surface area contributed by atoms with Crippen LogP contribution in [0.25, 0.3) is 21.3 Å². The number of thiazole rings is 1. The van der Waals surface area contributed by atoms with Crippen LogP contribution >= 0.6 is 11.3 Å². The molecule has 3 rings (SSSR count). The summed E-state index contributed by atoms with van der Waals surface area (Å²) in [5.41, 5.74) is 1.16. The van der Waals surface area contributed by atoms with E-state index in [2.05, 4.69) is 4.98 Å². The number of fused-ring (bicyclic) bond motifs is 1. The van der Waals surface area contributed by atoms with Gasteiger partial charge in [-0.2, -0.15) is 0 Å². The lowest BCUT2D eigenvalue weighted by Gasteiger charge is -2.12. The van der Waals surface area contributed by atoms with Gasteiger partial charge in [-0.3, -0.25) is 0 Å². The highest BCUT2D eigenvalue weighted by Gasteiger charge is 2.18. The highest BCUT2D eigenvalue weighted by molar-refractivity contribution is 7.13. The van der Waals surface area contributed by atoms with E-state index in [-0.39, 0.29) is 6.79 Å². The molecule has 2 aromatic carbocycles. The molecular formula is C18H17NO4S. The topological polar surface area (TPSA) is 57.7 Å². The lowest BCUT2D eigenvalue weighted by Crippen LogP contribution is -2.05. The third kappa shape index (κ3) is 3.25. The number of carbonyl (C=O) groups is 1. The molecule has 0 aliphatic carbocycles. The van der Waals surface area contributed by atoms with Gasteiger partial charge in [-0.1, -0.05) is 30.3 Å². The SMILES string of the molecule is CCOC(=O)c1csc(-c2c(OCOC)ccc3ccccc23)n1. The van der Waals surface area contributed by atoms with Crippen molar-refractivity contribution in [2.24, 2.45) is 0 Å². The van der Waals surface area contributed by atoms with Gasteiger partial charge in [0.15, 0.2) is 12.5 Å². The van der Waals surface area contributed by atoms with Crippen molar-refractivity contribution in [1.82, 2.24) is 4.98 Å². The van der Waals surface area contributed by atoms with E-state index in [1.165, 1.54) is 11.3 Å². The summed E-state index contributed by atoms with van der Waals surface area (Å²) in [6, 6.07) is 11.9. The first-order valence-corrected chi connectivity index (χ1v) is 8.39. The Kier molecular flexibility index (Phi) is 5.08. The van der Waals surface area contributed by atoms with Crippen molar-refractivity contribution in [2.75, 3.05) is 20.5 Å². The number of ether oxygens (including phenoxy) is 3. The molecule has 1 heterocycles. The van der Waals surface area contributed by atoms with E-state index in [1.807, 2.05) is 36.4 Å². The van der Waals surface area contributed by atoms with Gasteiger partial charge in [-0.15, -0.1) is 11.3 Å². The summed E-state index contributed by atoms with van der Waals surface area (Å²) in [5, 5.41) is 4.50. The van der Waals surface area contributed by atoms with Crippen LogP contribution in [0.3, 0.4) is 0 Å². The number of nitrogens with zero attached hydrogens (tertiary/aromatic N) is 1. The molecule has 0 saturated carbocycles. The van der Waals surface area contributed by atoms with Gasteiger partial charge in [0, 0.05) is 12.5 Å². The fraction of sp³-hybridized carbons (Fsp3) is 0.222. The molecule has 0 aliphatic heterocycles. The van der Waals surface area contributed by atoms with Crippen molar-refractivity contribution in [3.8, 4) is 16.3 Å². The molecule has 0 amide bonds. The van der Waals surface area contributed by atoms with Crippen molar-refractivity contribution in [1.29, 1.82) is 0 Å². The van der Waals surface area contributed by atoms with Crippen LogP contribution in [0.1, 0.15) is 17.4 Å². The molecule has 0 N–H and O–H groups in total. The van der Waals surface area contributed by atoms with Gasteiger partial charge in [0.2, 0.25) is 0 Å². The Morgan fingerprint density at radius 2 is 2.04 bits per heavy atom. The van der Waals surface area contributed by atoms with Crippen molar-refractivity contribution >= 4 is 28.1 Å². The van der Waals surface area contributed by atoms with Crippen LogP contribution < -0.4 is 4.74 Å². The van der Waals surface area contributed by atoms with Gasteiger partial charge < -0.3 is 14.2 Å². The van der Waals surface area contributed by atoms with E-state index in [9.17, 15) is 4.79 Å². The maximum Gasteiger partial charge on any atom is 0.357 e. The summed E-state index contributed by atoms with van der Waals surface area (Å²) in [6.45, 7) is 2.23. The smallest absolute Gasteiger partial charge is 0.357 e. The minimum absolute atomic E-state index is 0.140. The third-order valence-corrected chi connectivity index (χ3v) is 4.29. The Hall–Kier alpha value is -2.44. The van der Waals surface area contributed by atoms with Crippen molar-refractivity contribution in [2.45, 2.75) is 6.92 Å². The average molecular weight is 343 g/mol. The summed E-state index contributed by atoms with van der Waals surface area (Å²) >= 11 is 1.39. The number of benzene rings is 2. The molecule has 0 spiro atoms. The predicted octanol–water partition coefficient (Wildman–Crippen LogP) is 4.12. The Bertz CT molecular complexity index is 859. The van der Waals surface area contributed by atoms with Crippen LogP contribution in [0.15, 0.2) is 41.8 Å². The molecule has 5 nitrogen and oxygen atoms in total. The second-order valence-electron chi connectivity index (χ2n) is 4.97. The Labute approximate surface area is 143 Å². The van der Waals surface area contributed by atoms with Crippen molar-refractivity contribution in [3.05, 3.63) is 47.5 Å². The number of aromatic nitrogens is 1. The minimum Gasteiger partial charge on any atom is -0.467 e. The fourth-order valence-corrected chi connectivity index (χ4v) is 3.25. The zero-order valence-electron chi connectivity index (χ0n) is 13.4. The molecule has 6 heteroatoms. The van der Waals surface area contributed by atoms with E-state index in [1.54, 1.807) is 19.4 Å². The summed E-state index contributed by atoms with van der Waals surface area (Å²) in [6.07, 6.45) is 0. The molecule has 0 radical (unpaired) electrons. The fourth-order valence-electron chi connectivity index (χ4n) is 2.40. The Morgan fingerprint density at radius 3 is 2.83 bits per heavy atom. The lowest BCUT2D eigenvalue weighted by atomic mass is 10.0. The molecule has 0 aliphatic rings. The first kappa shape index (κ1) is 16.4. The zero-order chi connectivity index (χ0) is 16.9. The predicted molar refractivity (Wildman–Crippen MR) is 93.5 cm³/mol. The molecule has 0 saturated heterocycles. The number of hydrogen-bond donors (Lipinski definition) is 0. The summed E-state index contributed by atoms with van der Waals surface area (Å²) in [5.74, 6) is 0.250. The first-order chi connectivity index (χ1) is 11.7. The normalized spacial score (nSPS) is 10.8.